The molecule has 0 aliphatic heterocycles. The van der Waals surface area contributed by atoms with Gasteiger partial charge in [-0.3, -0.25) is 0 Å². The minimum absolute atomic E-state index is 0.242. The van der Waals surface area contributed by atoms with Crippen molar-refractivity contribution in [2.45, 2.75) is 19.8 Å². The van der Waals surface area contributed by atoms with Crippen LogP contribution in [0.1, 0.15) is 25.6 Å². The Morgan fingerprint density at radius 2 is 2.00 bits per heavy atom. The van der Waals surface area contributed by atoms with E-state index in [1.54, 1.807) is 6.07 Å². The summed E-state index contributed by atoms with van der Waals surface area (Å²) in [6.07, 6.45) is 0. The van der Waals surface area contributed by atoms with Crippen LogP contribution in [0, 0.1) is 0 Å². The summed E-state index contributed by atoms with van der Waals surface area (Å²) < 4.78 is 1.01. The van der Waals surface area contributed by atoms with E-state index >= 15 is 0 Å². The Morgan fingerprint density at radius 3 is 2.67 bits per heavy atom. The predicted octanol–water partition coefficient (Wildman–Crippen LogP) is 4.76. The van der Waals surface area contributed by atoms with Crippen LogP contribution < -0.4 is 5.32 Å². The third-order valence-corrected chi connectivity index (χ3v) is 3.01. The van der Waals surface area contributed by atoms with E-state index in [0.29, 0.717) is 11.0 Å². The summed E-state index contributed by atoms with van der Waals surface area (Å²) in [5, 5.41) is 3.67. The second kappa shape index (κ2) is 5.67. The highest BCUT2D eigenvalue weighted by atomic mass is 79.9. The van der Waals surface area contributed by atoms with Crippen molar-refractivity contribution in [3.63, 3.8) is 0 Å². The molecule has 3 nitrogen and oxygen atoms in total. The molecule has 0 saturated carbocycles. The molecule has 0 fully saturated rings. The van der Waals surface area contributed by atoms with E-state index in [1.165, 1.54) is 0 Å². The summed E-state index contributed by atoms with van der Waals surface area (Å²) in [6, 6.07) is 9.59. The van der Waals surface area contributed by atoms with Crippen molar-refractivity contribution >= 4 is 39.0 Å². The first-order chi connectivity index (χ1) is 8.54. The minimum atomic E-state index is 0.242. The van der Waals surface area contributed by atoms with E-state index in [1.807, 2.05) is 38.1 Å². The molecular weight excluding hydrogens is 314 g/mol. The lowest BCUT2D eigenvalue weighted by Crippen LogP contribution is -2.02. The lowest BCUT2D eigenvalue weighted by molar-refractivity contribution is 0.776. The Morgan fingerprint density at radius 1 is 1.22 bits per heavy atom. The standard InChI is InChI=1S/C13H13BrClN3/c1-8(2)13-17-11(15)7-12(18-13)16-10-5-3-4-9(14)6-10/h3-8H,1-2H3,(H,16,17,18). The fourth-order valence-corrected chi connectivity index (χ4v) is 2.06. The molecule has 0 bridgehead atoms. The van der Waals surface area contributed by atoms with Crippen LogP contribution in [0.25, 0.3) is 0 Å². The van der Waals surface area contributed by atoms with E-state index in [4.69, 9.17) is 11.6 Å². The predicted molar refractivity (Wildman–Crippen MR) is 78.6 cm³/mol. The van der Waals surface area contributed by atoms with Crippen LogP contribution in [-0.2, 0) is 0 Å². The Hall–Kier alpha value is -1.13. The second-order valence-electron chi connectivity index (χ2n) is 4.22. The fourth-order valence-electron chi connectivity index (χ4n) is 1.47. The minimum Gasteiger partial charge on any atom is -0.340 e. The number of hydrogen-bond donors (Lipinski definition) is 1. The smallest absolute Gasteiger partial charge is 0.135 e. The van der Waals surface area contributed by atoms with Gasteiger partial charge in [-0.25, -0.2) is 9.97 Å². The van der Waals surface area contributed by atoms with Crippen molar-refractivity contribution < 1.29 is 0 Å². The first-order valence-electron chi connectivity index (χ1n) is 5.61. The average Bonchev–Trinajstić information content (AvgIpc) is 2.28. The van der Waals surface area contributed by atoms with Crippen LogP contribution in [0.2, 0.25) is 5.15 Å². The summed E-state index contributed by atoms with van der Waals surface area (Å²) in [5.74, 6) is 1.68. The highest BCUT2D eigenvalue weighted by Crippen LogP contribution is 2.22. The topological polar surface area (TPSA) is 37.8 Å². The van der Waals surface area contributed by atoms with Gasteiger partial charge in [-0.05, 0) is 18.2 Å². The van der Waals surface area contributed by atoms with Crippen LogP contribution in [0.5, 0.6) is 0 Å². The molecule has 0 atom stereocenters. The van der Waals surface area contributed by atoms with Gasteiger partial charge >= 0.3 is 0 Å². The van der Waals surface area contributed by atoms with Gasteiger partial charge in [0.2, 0.25) is 0 Å². The molecule has 1 N–H and O–H groups in total. The van der Waals surface area contributed by atoms with Crippen molar-refractivity contribution in [2.24, 2.45) is 0 Å². The SMILES string of the molecule is CC(C)c1nc(Cl)cc(Nc2cccc(Br)c2)n1. The monoisotopic (exact) mass is 325 g/mol. The van der Waals surface area contributed by atoms with Crippen molar-refractivity contribution in [1.29, 1.82) is 0 Å². The van der Waals surface area contributed by atoms with E-state index in [-0.39, 0.29) is 5.92 Å². The maximum absolute atomic E-state index is 5.99. The number of nitrogens with zero attached hydrogens (tertiary/aromatic N) is 2. The molecular formula is C13H13BrClN3. The summed E-state index contributed by atoms with van der Waals surface area (Å²) in [7, 11) is 0. The number of benzene rings is 1. The van der Waals surface area contributed by atoms with Gasteiger partial charge in [-0.1, -0.05) is 47.4 Å². The van der Waals surface area contributed by atoms with E-state index in [9.17, 15) is 0 Å². The molecule has 1 aromatic heterocycles. The van der Waals surface area contributed by atoms with Crippen LogP contribution in [0.15, 0.2) is 34.8 Å². The molecule has 18 heavy (non-hydrogen) atoms. The number of nitrogens with one attached hydrogen (secondary N) is 1. The zero-order chi connectivity index (χ0) is 13.1. The number of rotatable bonds is 3. The van der Waals surface area contributed by atoms with Gasteiger partial charge in [0.1, 0.15) is 16.8 Å². The van der Waals surface area contributed by atoms with E-state index in [2.05, 4.69) is 31.2 Å². The zero-order valence-corrected chi connectivity index (χ0v) is 12.5. The number of anilines is 2. The average molecular weight is 327 g/mol. The molecule has 0 aliphatic rings. The molecule has 0 unspecified atom stereocenters. The number of halogens is 2. The lowest BCUT2D eigenvalue weighted by Gasteiger charge is -2.09. The van der Waals surface area contributed by atoms with Gasteiger partial charge in [-0.2, -0.15) is 0 Å². The Bertz CT molecular complexity index is 558. The molecule has 5 heteroatoms. The van der Waals surface area contributed by atoms with Crippen LogP contribution >= 0.6 is 27.5 Å². The molecule has 0 amide bonds. The molecule has 1 heterocycles. The third-order valence-electron chi connectivity index (χ3n) is 2.33. The quantitative estimate of drug-likeness (QED) is 0.826. The van der Waals surface area contributed by atoms with Crippen molar-refractivity contribution in [3.8, 4) is 0 Å². The summed E-state index contributed by atoms with van der Waals surface area (Å²) in [4.78, 5) is 8.63. The molecule has 0 aliphatic carbocycles. The second-order valence-corrected chi connectivity index (χ2v) is 5.53. The molecule has 0 saturated heterocycles. The van der Waals surface area contributed by atoms with Gasteiger partial charge in [0, 0.05) is 22.1 Å². The fraction of sp³-hybridized carbons (Fsp3) is 0.231. The summed E-state index contributed by atoms with van der Waals surface area (Å²) in [5.41, 5.74) is 0.953. The first-order valence-corrected chi connectivity index (χ1v) is 6.79. The molecule has 0 spiro atoms. The third kappa shape index (κ3) is 3.43. The van der Waals surface area contributed by atoms with Gasteiger partial charge in [-0.15, -0.1) is 0 Å². The zero-order valence-electron chi connectivity index (χ0n) is 10.1. The maximum atomic E-state index is 5.99. The van der Waals surface area contributed by atoms with Crippen molar-refractivity contribution in [2.75, 3.05) is 5.32 Å². The van der Waals surface area contributed by atoms with Crippen LogP contribution in [-0.4, -0.2) is 9.97 Å². The Labute approximate surface area is 120 Å². The van der Waals surface area contributed by atoms with Crippen LogP contribution in [0.4, 0.5) is 11.5 Å². The molecule has 94 valence electrons. The number of aromatic nitrogens is 2. The van der Waals surface area contributed by atoms with Crippen molar-refractivity contribution in [1.82, 2.24) is 9.97 Å². The summed E-state index contributed by atoms with van der Waals surface area (Å²) in [6.45, 7) is 4.07. The number of hydrogen-bond acceptors (Lipinski definition) is 3. The van der Waals surface area contributed by atoms with E-state index < -0.39 is 0 Å². The van der Waals surface area contributed by atoms with Gasteiger partial charge in [0.15, 0.2) is 0 Å². The largest absolute Gasteiger partial charge is 0.340 e. The van der Waals surface area contributed by atoms with E-state index in [0.717, 1.165) is 16.0 Å². The Balaban J connectivity index is 2.29. The molecule has 2 aromatic rings. The lowest BCUT2D eigenvalue weighted by atomic mass is 10.2. The normalized spacial score (nSPS) is 10.7. The first kappa shape index (κ1) is 13.3. The Kier molecular flexibility index (Phi) is 4.19. The molecule has 1 aromatic carbocycles. The van der Waals surface area contributed by atoms with Crippen molar-refractivity contribution in [3.05, 3.63) is 45.8 Å². The maximum Gasteiger partial charge on any atom is 0.135 e. The highest BCUT2D eigenvalue weighted by molar-refractivity contribution is 9.10. The van der Waals surface area contributed by atoms with Gasteiger partial charge in [0.25, 0.3) is 0 Å². The van der Waals surface area contributed by atoms with Gasteiger partial charge < -0.3 is 5.32 Å². The summed E-state index contributed by atoms with van der Waals surface area (Å²) >= 11 is 9.42. The molecule has 2 rings (SSSR count). The van der Waals surface area contributed by atoms with Gasteiger partial charge in [0.05, 0.1) is 0 Å². The highest BCUT2D eigenvalue weighted by Gasteiger charge is 2.07. The van der Waals surface area contributed by atoms with Crippen LogP contribution in [0.3, 0.4) is 0 Å². The molecule has 0 radical (unpaired) electrons.